The van der Waals surface area contributed by atoms with Crippen molar-refractivity contribution in [2.24, 2.45) is 0 Å². The first-order chi connectivity index (χ1) is 13.7. The molecule has 2 saturated heterocycles. The number of rotatable bonds is 5. The summed E-state index contributed by atoms with van der Waals surface area (Å²) in [4.78, 5) is 35.0. The molecule has 0 bridgehead atoms. The highest BCUT2D eigenvalue weighted by Gasteiger charge is 2.22. The molecule has 28 heavy (non-hydrogen) atoms. The molecule has 146 valence electrons. The fourth-order valence-corrected chi connectivity index (χ4v) is 3.75. The second kappa shape index (κ2) is 8.39. The summed E-state index contributed by atoms with van der Waals surface area (Å²) < 4.78 is 0. The molecule has 0 atom stereocenters. The number of pyridine rings is 1. The van der Waals surface area contributed by atoms with Crippen LogP contribution in [0.2, 0.25) is 0 Å². The molecule has 0 saturated carbocycles. The van der Waals surface area contributed by atoms with E-state index in [1.54, 1.807) is 11.1 Å². The Balaban J connectivity index is 1.29. The molecule has 0 spiro atoms. The van der Waals surface area contributed by atoms with Crippen molar-refractivity contribution in [3.8, 4) is 0 Å². The van der Waals surface area contributed by atoms with Crippen LogP contribution < -0.4 is 15.1 Å². The number of benzene rings is 1. The summed E-state index contributed by atoms with van der Waals surface area (Å²) in [5, 5.41) is 2.97. The fraction of sp³-hybridized carbons (Fsp3) is 0.381. The van der Waals surface area contributed by atoms with Gasteiger partial charge in [-0.3, -0.25) is 14.5 Å². The first-order valence-electron chi connectivity index (χ1n) is 9.78. The molecule has 1 aromatic carbocycles. The standard InChI is InChI=1S/C21H25N5O2/c27-20(16-24-11-13-25(14-12-24)19-7-1-2-9-22-19)23-17-5-3-6-18(15-17)26-10-4-8-21(26)28/h1-3,5-7,9,15H,4,8,10-14,16H2,(H,23,27). The maximum absolute atomic E-state index is 12.5. The van der Waals surface area contributed by atoms with E-state index in [9.17, 15) is 9.59 Å². The monoisotopic (exact) mass is 379 g/mol. The maximum atomic E-state index is 12.5. The van der Waals surface area contributed by atoms with Crippen LogP contribution >= 0.6 is 0 Å². The number of amides is 2. The molecule has 7 nitrogen and oxygen atoms in total. The average molecular weight is 379 g/mol. The molecule has 2 amide bonds. The van der Waals surface area contributed by atoms with Gasteiger partial charge >= 0.3 is 0 Å². The van der Waals surface area contributed by atoms with Gasteiger partial charge in [-0.1, -0.05) is 12.1 Å². The predicted molar refractivity (Wildman–Crippen MR) is 110 cm³/mol. The van der Waals surface area contributed by atoms with Crippen molar-refractivity contribution < 1.29 is 9.59 Å². The zero-order valence-corrected chi connectivity index (χ0v) is 15.9. The maximum Gasteiger partial charge on any atom is 0.238 e. The Labute approximate surface area is 164 Å². The molecule has 3 heterocycles. The van der Waals surface area contributed by atoms with Crippen LogP contribution in [0.3, 0.4) is 0 Å². The van der Waals surface area contributed by atoms with Crippen LogP contribution in [0, 0.1) is 0 Å². The Morgan fingerprint density at radius 1 is 1.04 bits per heavy atom. The van der Waals surface area contributed by atoms with Crippen LogP contribution in [-0.4, -0.2) is 61.0 Å². The molecule has 0 unspecified atom stereocenters. The van der Waals surface area contributed by atoms with E-state index in [-0.39, 0.29) is 11.8 Å². The van der Waals surface area contributed by atoms with Crippen LogP contribution in [0.1, 0.15) is 12.8 Å². The Bertz CT molecular complexity index is 834. The van der Waals surface area contributed by atoms with Gasteiger partial charge in [-0.05, 0) is 36.8 Å². The summed E-state index contributed by atoms with van der Waals surface area (Å²) in [5.41, 5.74) is 1.58. The van der Waals surface area contributed by atoms with Gasteiger partial charge in [0.1, 0.15) is 5.82 Å². The topological polar surface area (TPSA) is 68.8 Å². The van der Waals surface area contributed by atoms with Crippen LogP contribution in [0.25, 0.3) is 0 Å². The predicted octanol–water partition coefficient (Wildman–Crippen LogP) is 1.97. The number of nitrogens with one attached hydrogen (secondary N) is 1. The van der Waals surface area contributed by atoms with Crippen LogP contribution in [0.5, 0.6) is 0 Å². The van der Waals surface area contributed by atoms with Crippen molar-refractivity contribution in [1.29, 1.82) is 0 Å². The lowest BCUT2D eigenvalue weighted by atomic mass is 10.2. The first kappa shape index (κ1) is 18.4. The summed E-state index contributed by atoms with van der Waals surface area (Å²) in [6.07, 6.45) is 3.29. The third-order valence-corrected chi connectivity index (χ3v) is 5.23. The average Bonchev–Trinajstić information content (AvgIpc) is 3.15. The third-order valence-electron chi connectivity index (χ3n) is 5.23. The van der Waals surface area contributed by atoms with Crippen LogP contribution in [-0.2, 0) is 9.59 Å². The number of piperazine rings is 1. The molecule has 4 rings (SSSR count). The second-order valence-corrected chi connectivity index (χ2v) is 7.20. The van der Waals surface area contributed by atoms with E-state index in [1.807, 2.05) is 42.5 Å². The lowest BCUT2D eigenvalue weighted by Crippen LogP contribution is -2.48. The lowest BCUT2D eigenvalue weighted by molar-refractivity contribution is -0.118. The highest BCUT2D eigenvalue weighted by Crippen LogP contribution is 2.24. The molecular weight excluding hydrogens is 354 g/mol. The van der Waals surface area contributed by atoms with Crippen molar-refractivity contribution in [2.45, 2.75) is 12.8 Å². The van der Waals surface area contributed by atoms with Crippen molar-refractivity contribution in [1.82, 2.24) is 9.88 Å². The molecule has 2 aliphatic rings. The minimum Gasteiger partial charge on any atom is -0.354 e. The van der Waals surface area contributed by atoms with Gasteiger partial charge in [-0.15, -0.1) is 0 Å². The Morgan fingerprint density at radius 3 is 2.61 bits per heavy atom. The van der Waals surface area contributed by atoms with E-state index in [0.29, 0.717) is 13.0 Å². The summed E-state index contributed by atoms with van der Waals surface area (Å²) >= 11 is 0. The number of carbonyl (C=O) groups is 2. The van der Waals surface area contributed by atoms with E-state index >= 15 is 0 Å². The molecule has 0 aliphatic carbocycles. The van der Waals surface area contributed by atoms with E-state index in [0.717, 1.165) is 56.3 Å². The normalized spacial score (nSPS) is 17.8. The summed E-state index contributed by atoms with van der Waals surface area (Å²) in [6.45, 7) is 4.48. The Hall–Kier alpha value is -2.93. The molecule has 2 aliphatic heterocycles. The van der Waals surface area contributed by atoms with Gasteiger partial charge in [-0.25, -0.2) is 4.98 Å². The minimum atomic E-state index is -0.0313. The molecule has 7 heteroatoms. The van der Waals surface area contributed by atoms with E-state index < -0.39 is 0 Å². The van der Waals surface area contributed by atoms with Gasteiger partial charge < -0.3 is 15.1 Å². The van der Waals surface area contributed by atoms with Gasteiger partial charge in [0.05, 0.1) is 6.54 Å². The van der Waals surface area contributed by atoms with Gasteiger partial charge in [-0.2, -0.15) is 0 Å². The van der Waals surface area contributed by atoms with Crippen molar-refractivity contribution in [3.05, 3.63) is 48.7 Å². The third kappa shape index (κ3) is 4.31. The second-order valence-electron chi connectivity index (χ2n) is 7.20. The number of hydrogen-bond donors (Lipinski definition) is 1. The number of hydrogen-bond acceptors (Lipinski definition) is 5. The zero-order chi connectivity index (χ0) is 19.3. The number of carbonyl (C=O) groups excluding carboxylic acids is 2. The molecule has 2 fully saturated rings. The number of nitrogens with zero attached hydrogens (tertiary/aromatic N) is 4. The smallest absolute Gasteiger partial charge is 0.238 e. The lowest BCUT2D eigenvalue weighted by Gasteiger charge is -2.34. The molecule has 0 radical (unpaired) electrons. The van der Waals surface area contributed by atoms with E-state index in [2.05, 4.69) is 20.1 Å². The molecular formula is C21H25N5O2. The quantitative estimate of drug-likeness (QED) is 0.860. The zero-order valence-electron chi connectivity index (χ0n) is 15.9. The van der Waals surface area contributed by atoms with Gasteiger partial charge in [0.15, 0.2) is 0 Å². The summed E-state index contributed by atoms with van der Waals surface area (Å²) in [6, 6.07) is 13.4. The highest BCUT2D eigenvalue weighted by molar-refractivity contribution is 5.97. The molecule has 2 aromatic rings. The Morgan fingerprint density at radius 2 is 1.89 bits per heavy atom. The minimum absolute atomic E-state index is 0.0313. The fourth-order valence-electron chi connectivity index (χ4n) is 3.75. The first-order valence-corrected chi connectivity index (χ1v) is 9.78. The SMILES string of the molecule is O=C(CN1CCN(c2ccccn2)CC1)Nc1cccc(N2CCCC2=O)c1. The van der Waals surface area contributed by atoms with Crippen molar-refractivity contribution >= 4 is 29.0 Å². The largest absolute Gasteiger partial charge is 0.354 e. The Kier molecular flexibility index (Phi) is 5.53. The van der Waals surface area contributed by atoms with Crippen LogP contribution in [0.15, 0.2) is 48.7 Å². The van der Waals surface area contributed by atoms with Gasteiger partial charge in [0, 0.05) is 56.7 Å². The highest BCUT2D eigenvalue weighted by atomic mass is 16.2. The van der Waals surface area contributed by atoms with Crippen molar-refractivity contribution in [3.63, 3.8) is 0 Å². The molecule has 1 aromatic heterocycles. The molecule has 1 N–H and O–H groups in total. The van der Waals surface area contributed by atoms with Crippen LogP contribution in [0.4, 0.5) is 17.2 Å². The van der Waals surface area contributed by atoms with Gasteiger partial charge in [0.25, 0.3) is 0 Å². The van der Waals surface area contributed by atoms with E-state index in [4.69, 9.17) is 0 Å². The number of anilines is 3. The summed E-state index contributed by atoms with van der Waals surface area (Å²) in [7, 11) is 0. The van der Waals surface area contributed by atoms with E-state index in [1.165, 1.54) is 0 Å². The number of aromatic nitrogens is 1. The van der Waals surface area contributed by atoms with Crippen molar-refractivity contribution in [2.75, 3.05) is 54.4 Å². The summed E-state index contributed by atoms with van der Waals surface area (Å²) in [5.74, 6) is 1.10. The van der Waals surface area contributed by atoms with Gasteiger partial charge in [0.2, 0.25) is 11.8 Å².